The Bertz CT molecular complexity index is 1330. The van der Waals surface area contributed by atoms with Crippen LogP contribution in [0.3, 0.4) is 0 Å². The molecular formula is C21H17F3N4O6S. The number of benzene rings is 2. The van der Waals surface area contributed by atoms with E-state index in [2.05, 4.69) is 20.4 Å². The van der Waals surface area contributed by atoms with Crippen molar-refractivity contribution in [3.63, 3.8) is 0 Å². The van der Waals surface area contributed by atoms with Crippen LogP contribution in [0.4, 0.5) is 13.2 Å². The quantitative estimate of drug-likeness (QED) is 0.328. The molecule has 10 nitrogen and oxygen atoms in total. The summed E-state index contributed by atoms with van der Waals surface area (Å²) in [6.07, 6.45) is -4.82. The standard InChI is InChI=1S/C21H17F3N4O6S/c1-11(12-5-7-13(8-6-12)34-21(22,23)24)25-17(30)9-28-19(31)18-14(26-27-28)3-2-4-16(18)35-10-15(29)20(32)33/h2-8,11H,9-10H2,1H3,(H,25,30)(H,32,33). The van der Waals surface area contributed by atoms with Gasteiger partial charge in [0.15, 0.2) is 0 Å². The van der Waals surface area contributed by atoms with Crippen LogP contribution < -0.4 is 15.6 Å². The van der Waals surface area contributed by atoms with Gasteiger partial charge in [0.2, 0.25) is 11.7 Å². The van der Waals surface area contributed by atoms with Crippen LogP contribution in [0.15, 0.2) is 52.2 Å². The maximum Gasteiger partial charge on any atom is 0.573 e. The fraction of sp³-hybridized carbons (Fsp3) is 0.238. The Morgan fingerprint density at radius 1 is 1.17 bits per heavy atom. The molecular weight excluding hydrogens is 493 g/mol. The van der Waals surface area contributed by atoms with Gasteiger partial charge in [-0.2, -0.15) is 0 Å². The lowest BCUT2D eigenvalue weighted by atomic mass is 10.1. The molecule has 0 saturated carbocycles. The third-order valence-electron chi connectivity index (χ3n) is 4.59. The van der Waals surface area contributed by atoms with Gasteiger partial charge in [0.1, 0.15) is 17.8 Å². The van der Waals surface area contributed by atoms with Crippen LogP contribution in [0.5, 0.6) is 5.75 Å². The number of ketones is 1. The number of carbonyl (C=O) groups is 3. The van der Waals surface area contributed by atoms with Crippen LogP contribution >= 0.6 is 11.8 Å². The van der Waals surface area contributed by atoms with Gasteiger partial charge in [-0.25, -0.2) is 9.48 Å². The minimum Gasteiger partial charge on any atom is -0.475 e. The molecule has 1 atom stereocenters. The van der Waals surface area contributed by atoms with Crippen molar-refractivity contribution in [1.82, 2.24) is 20.3 Å². The van der Waals surface area contributed by atoms with Crippen molar-refractivity contribution >= 4 is 40.3 Å². The van der Waals surface area contributed by atoms with E-state index in [0.717, 1.165) is 28.6 Å². The minimum atomic E-state index is -4.82. The van der Waals surface area contributed by atoms with Crippen molar-refractivity contribution in [3.05, 3.63) is 58.4 Å². The molecule has 0 aliphatic rings. The third-order valence-corrected chi connectivity index (χ3v) is 5.65. The first-order chi connectivity index (χ1) is 16.4. The van der Waals surface area contributed by atoms with Crippen LogP contribution in [-0.4, -0.2) is 49.9 Å². The average molecular weight is 510 g/mol. The number of nitrogens with zero attached hydrogens (tertiary/aromatic N) is 3. The Labute approximate surface area is 199 Å². The lowest BCUT2D eigenvalue weighted by Gasteiger charge is -2.16. The molecule has 1 amide bonds. The second kappa shape index (κ2) is 10.5. The van der Waals surface area contributed by atoms with E-state index in [1.165, 1.54) is 24.3 Å². The summed E-state index contributed by atoms with van der Waals surface area (Å²) in [7, 11) is 0. The molecule has 2 aromatic carbocycles. The van der Waals surface area contributed by atoms with E-state index >= 15 is 0 Å². The molecule has 0 fully saturated rings. The zero-order valence-electron chi connectivity index (χ0n) is 17.9. The number of carboxylic acid groups (broad SMARTS) is 1. The highest BCUT2D eigenvalue weighted by Gasteiger charge is 2.31. The Morgan fingerprint density at radius 3 is 2.49 bits per heavy atom. The Morgan fingerprint density at radius 2 is 1.86 bits per heavy atom. The van der Waals surface area contributed by atoms with Crippen LogP contribution in [0.1, 0.15) is 18.5 Å². The van der Waals surface area contributed by atoms with Crippen molar-refractivity contribution in [1.29, 1.82) is 0 Å². The highest BCUT2D eigenvalue weighted by Crippen LogP contribution is 2.25. The topological polar surface area (TPSA) is 140 Å². The predicted octanol–water partition coefficient (Wildman–Crippen LogP) is 2.31. The molecule has 2 N–H and O–H groups in total. The molecule has 184 valence electrons. The smallest absolute Gasteiger partial charge is 0.475 e. The monoisotopic (exact) mass is 510 g/mol. The molecule has 14 heteroatoms. The van der Waals surface area contributed by atoms with Crippen LogP contribution in [0.25, 0.3) is 10.9 Å². The summed E-state index contributed by atoms with van der Waals surface area (Å²) >= 11 is 0.848. The number of halogens is 3. The molecule has 0 radical (unpaired) electrons. The number of fused-ring (bicyclic) bond motifs is 1. The molecule has 0 saturated heterocycles. The van der Waals surface area contributed by atoms with Gasteiger partial charge in [0, 0.05) is 4.90 Å². The van der Waals surface area contributed by atoms with Gasteiger partial charge in [-0.05, 0) is 36.8 Å². The molecule has 0 aliphatic heterocycles. The number of amides is 1. The number of thioether (sulfide) groups is 1. The highest BCUT2D eigenvalue weighted by atomic mass is 32.2. The first kappa shape index (κ1) is 25.7. The maximum atomic E-state index is 12.9. The van der Waals surface area contributed by atoms with E-state index < -0.39 is 53.7 Å². The van der Waals surface area contributed by atoms with E-state index in [0.29, 0.717) is 10.5 Å². The number of rotatable bonds is 9. The second-order valence-electron chi connectivity index (χ2n) is 7.13. The molecule has 0 spiro atoms. The van der Waals surface area contributed by atoms with Crippen molar-refractivity contribution in [2.75, 3.05) is 5.75 Å². The van der Waals surface area contributed by atoms with Crippen LogP contribution in [0, 0.1) is 0 Å². The molecule has 0 bridgehead atoms. The van der Waals surface area contributed by atoms with E-state index in [9.17, 15) is 32.3 Å². The van der Waals surface area contributed by atoms with Gasteiger partial charge in [-0.15, -0.1) is 30.0 Å². The van der Waals surface area contributed by atoms with Gasteiger partial charge in [-0.1, -0.05) is 23.4 Å². The minimum absolute atomic E-state index is 0.0757. The highest BCUT2D eigenvalue weighted by molar-refractivity contribution is 8.00. The van der Waals surface area contributed by atoms with E-state index in [1.54, 1.807) is 13.0 Å². The van der Waals surface area contributed by atoms with E-state index in [1.807, 2.05) is 0 Å². The van der Waals surface area contributed by atoms with E-state index in [-0.39, 0.29) is 10.9 Å². The number of alkyl halides is 3. The van der Waals surface area contributed by atoms with Gasteiger partial charge in [-0.3, -0.25) is 14.4 Å². The summed E-state index contributed by atoms with van der Waals surface area (Å²) in [5.41, 5.74) is 0.0258. The molecule has 0 aliphatic carbocycles. The van der Waals surface area contributed by atoms with Crippen LogP contribution in [-0.2, 0) is 20.9 Å². The zero-order chi connectivity index (χ0) is 25.8. The fourth-order valence-corrected chi connectivity index (χ4v) is 3.90. The van der Waals surface area contributed by atoms with Crippen molar-refractivity contribution in [2.24, 2.45) is 0 Å². The number of aliphatic carboxylic acids is 1. The number of ether oxygens (including phenoxy) is 1. The first-order valence-corrected chi connectivity index (χ1v) is 10.8. The second-order valence-corrected chi connectivity index (χ2v) is 8.14. The number of aromatic nitrogens is 3. The summed E-state index contributed by atoms with van der Waals surface area (Å²) in [4.78, 5) is 47.9. The molecule has 35 heavy (non-hydrogen) atoms. The van der Waals surface area contributed by atoms with E-state index in [4.69, 9.17) is 5.11 Å². The summed E-state index contributed by atoms with van der Waals surface area (Å²) in [6, 6.07) is 8.91. The fourth-order valence-electron chi connectivity index (χ4n) is 2.98. The molecule has 1 aromatic heterocycles. The lowest BCUT2D eigenvalue weighted by molar-refractivity contribution is -0.274. The summed E-state index contributed by atoms with van der Waals surface area (Å²) in [5, 5.41) is 19.1. The first-order valence-electron chi connectivity index (χ1n) is 9.85. The van der Waals surface area contributed by atoms with Gasteiger partial charge in [0.25, 0.3) is 5.56 Å². The maximum absolute atomic E-state index is 12.9. The average Bonchev–Trinajstić information content (AvgIpc) is 2.78. The van der Waals surface area contributed by atoms with Gasteiger partial charge >= 0.3 is 12.3 Å². The number of carboxylic acids is 1. The number of carbonyl (C=O) groups excluding carboxylic acids is 2. The van der Waals surface area contributed by atoms with Crippen molar-refractivity contribution in [2.45, 2.75) is 30.8 Å². The summed E-state index contributed by atoms with van der Waals surface area (Å²) < 4.78 is 41.5. The number of hydrogen-bond acceptors (Lipinski definition) is 8. The van der Waals surface area contributed by atoms with Crippen LogP contribution in [0.2, 0.25) is 0 Å². The van der Waals surface area contributed by atoms with Crippen molar-refractivity contribution < 1.29 is 37.4 Å². The normalized spacial score (nSPS) is 12.2. The van der Waals surface area contributed by atoms with Gasteiger partial charge < -0.3 is 15.2 Å². The molecule has 1 unspecified atom stereocenters. The molecule has 1 heterocycles. The van der Waals surface area contributed by atoms with Gasteiger partial charge in [0.05, 0.1) is 17.2 Å². The lowest BCUT2D eigenvalue weighted by Crippen LogP contribution is -2.35. The number of hydrogen-bond donors (Lipinski definition) is 2. The Kier molecular flexibility index (Phi) is 7.74. The summed E-state index contributed by atoms with van der Waals surface area (Å²) in [6.45, 7) is 1.09. The largest absolute Gasteiger partial charge is 0.573 e. The molecule has 3 rings (SSSR count). The SMILES string of the molecule is CC(NC(=O)Cn1nnc2cccc(SCC(=O)C(=O)O)c2c1=O)c1ccc(OC(F)(F)F)cc1. The van der Waals surface area contributed by atoms with Crippen molar-refractivity contribution in [3.8, 4) is 5.75 Å². The number of nitrogens with one attached hydrogen (secondary N) is 1. The molecule has 3 aromatic rings. The predicted molar refractivity (Wildman–Crippen MR) is 117 cm³/mol. The zero-order valence-corrected chi connectivity index (χ0v) is 18.7. The summed E-state index contributed by atoms with van der Waals surface area (Å²) in [5.74, 6) is -4.06. The third kappa shape index (κ3) is 6.79. The Balaban J connectivity index is 1.73. The Hall–Kier alpha value is -3.94. The number of Topliss-reactive ketones (excluding diaryl/α,β-unsaturated/α-hetero) is 1.